The SMILES string of the molecule is COc1nccc(-c2cccc(C(=O)N3CCC[C@H](C(N)=O)C3)c2)c1C#N. The van der Waals surface area contributed by atoms with E-state index in [0.29, 0.717) is 36.2 Å². The van der Waals surface area contributed by atoms with E-state index in [2.05, 4.69) is 11.1 Å². The van der Waals surface area contributed by atoms with Crippen LogP contribution in [0.5, 0.6) is 5.88 Å². The highest BCUT2D eigenvalue weighted by molar-refractivity contribution is 5.96. The van der Waals surface area contributed by atoms with Crippen molar-refractivity contribution in [2.45, 2.75) is 12.8 Å². The van der Waals surface area contributed by atoms with Gasteiger partial charge in [-0.3, -0.25) is 9.59 Å². The van der Waals surface area contributed by atoms with Crippen LogP contribution >= 0.6 is 0 Å². The van der Waals surface area contributed by atoms with Crippen LogP contribution in [-0.2, 0) is 4.79 Å². The van der Waals surface area contributed by atoms with Crippen LogP contribution in [0.15, 0.2) is 36.5 Å². The van der Waals surface area contributed by atoms with Gasteiger partial charge in [0.2, 0.25) is 11.8 Å². The summed E-state index contributed by atoms with van der Waals surface area (Å²) in [6.45, 7) is 0.935. The summed E-state index contributed by atoms with van der Waals surface area (Å²) in [4.78, 5) is 30.1. The lowest BCUT2D eigenvalue weighted by molar-refractivity contribution is -0.123. The largest absolute Gasteiger partial charge is 0.480 e. The number of methoxy groups -OCH3 is 1. The van der Waals surface area contributed by atoms with Gasteiger partial charge in [-0.05, 0) is 36.6 Å². The summed E-state index contributed by atoms with van der Waals surface area (Å²) in [6.07, 6.45) is 3.02. The number of pyridine rings is 1. The molecule has 27 heavy (non-hydrogen) atoms. The maximum Gasteiger partial charge on any atom is 0.253 e. The molecule has 1 aromatic heterocycles. The van der Waals surface area contributed by atoms with E-state index in [1.54, 1.807) is 35.4 Å². The number of hydrogen-bond acceptors (Lipinski definition) is 5. The lowest BCUT2D eigenvalue weighted by atomic mass is 9.96. The Kier molecular flexibility index (Phi) is 5.36. The zero-order valence-electron chi connectivity index (χ0n) is 15.0. The van der Waals surface area contributed by atoms with Crippen LogP contribution in [0.3, 0.4) is 0 Å². The van der Waals surface area contributed by atoms with Crippen LogP contribution in [0.1, 0.15) is 28.8 Å². The van der Waals surface area contributed by atoms with E-state index in [4.69, 9.17) is 10.5 Å². The van der Waals surface area contributed by atoms with Gasteiger partial charge < -0.3 is 15.4 Å². The first-order valence-corrected chi connectivity index (χ1v) is 8.67. The Balaban J connectivity index is 1.92. The average molecular weight is 364 g/mol. The van der Waals surface area contributed by atoms with Crippen LogP contribution in [0.4, 0.5) is 0 Å². The first kappa shape index (κ1) is 18.4. The van der Waals surface area contributed by atoms with Crippen molar-refractivity contribution in [1.82, 2.24) is 9.88 Å². The van der Waals surface area contributed by atoms with E-state index in [-0.39, 0.29) is 23.6 Å². The number of nitriles is 1. The number of primary amides is 1. The molecule has 2 heterocycles. The van der Waals surface area contributed by atoms with Crippen molar-refractivity contribution in [3.8, 4) is 23.1 Å². The second-order valence-corrected chi connectivity index (χ2v) is 6.43. The van der Waals surface area contributed by atoms with Crippen LogP contribution in [0.2, 0.25) is 0 Å². The standard InChI is InChI=1S/C20H20N4O3/c1-27-19-17(11-21)16(7-8-23-19)13-4-2-5-14(10-13)20(26)24-9-3-6-15(12-24)18(22)25/h2,4-5,7-8,10,15H,3,6,9,12H2,1H3,(H2,22,25)/t15-/m0/s1. The summed E-state index contributed by atoms with van der Waals surface area (Å²) in [5.41, 5.74) is 7.59. The highest BCUT2D eigenvalue weighted by Gasteiger charge is 2.27. The Bertz CT molecular complexity index is 920. The Hall–Kier alpha value is -3.40. The fourth-order valence-electron chi connectivity index (χ4n) is 3.34. The normalized spacial score (nSPS) is 16.4. The molecule has 1 aliphatic heterocycles. The van der Waals surface area contributed by atoms with Crippen molar-refractivity contribution in [3.05, 3.63) is 47.7 Å². The number of hydrogen-bond donors (Lipinski definition) is 1. The fourth-order valence-corrected chi connectivity index (χ4v) is 3.34. The van der Waals surface area contributed by atoms with Gasteiger partial charge in [0.25, 0.3) is 5.91 Å². The van der Waals surface area contributed by atoms with Crippen molar-refractivity contribution >= 4 is 11.8 Å². The minimum absolute atomic E-state index is 0.151. The Labute approximate surface area is 157 Å². The molecule has 2 N–H and O–H groups in total. The molecular weight excluding hydrogens is 344 g/mol. The number of rotatable bonds is 4. The summed E-state index contributed by atoms with van der Waals surface area (Å²) >= 11 is 0. The number of ether oxygens (including phenoxy) is 1. The summed E-state index contributed by atoms with van der Waals surface area (Å²) in [6, 6.07) is 10.9. The van der Waals surface area contributed by atoms with Gasteiger partial charge in [-0.1, -0.05) is 12.1 Å². The third-order valence-electron chi connectivity index (χ3n) is 4.75. The Morgan fingerprint density at radius 3 is 2.89 bits per heavy atom. The molecular formula is C20H20N4O3. The molecule has 1 aromatic carbocycles. The number of carbonyl (C=O) groups is 2. The number of nitrogens with two attached hydrogens (primary N) is 1. The van der Waals surface area contributed by atoms with Crippen LogP contribution in [0.25, 0.3) is 11.1 Å². The van der Waals surface area contributed by atoms with Crippen molar-refractivity contribution in [2.24, 2.45) is 11.7 Å². The summed E-state index contributed by atoms with van der Waals surface area (Å²) in [7, 11) is 1.46. The number of aromatic nitrogens is 1. The number of carbonyl (C=O) groups excluding carboxylic acids is 2. The van der Waals surface area contributed by atoms with Gasteiger partial charge in [-0.2, -0.15) is 5.26 Å². The lowest BCUT2D eigenvalue weighted by Crippen LogP contribution is -2.44. The number of piperidine rings is 1. The molecule has 7 heteroatoms. The zero-order valence-corrected chi connectivity index (χ0v) is 15.0. The Morgan fingerprint density at radius 2 is 2.19 bits per heavy atom. The molecule has 3 rings (SSSR count). The number of benzene rings is 1. The molecule has 1 fully saturated rings. The van der Waals surface area contributed by atoms with Gasteiger partial charge in [-0.15, -0.1) is 0 Å². The van der Waals surface area contributed by atoms with Crippen LogP contribution < -0.4 is 10.5 Å². The second-order valence-electron chi connectivity index (χ2n) is 6.43. The predicted octanol–water partition coefficient (Wildman–Crippen LogP) is 1.97. The smallest absolute Gasteiger partial charge is 0.253 e. The molecule has 0 spiro atoms. The third-order valence-corrected chi connectivity index (χ3v) is 4.75. The molecule has 0 aliphatic carbocycles. The van der Waals surface area contributed by atoms with Gasteiger partial charge in [0.05, 0.1) is 13.0 Å². The molecule has 0 unspecified atom stereocenters. The summed E-state index contributed by atoms with van der Waals surface area (Å²) < 4.78 is 5.15. The molecule has 7 nitrogen and oxygen atoms in total. The van der Waals surface area contributed by atoms with Gasteiger partial charge >= 0.3 is 0 Å². The second kappa shape index (κ2) is 7.87. The highest BCUT2D eigenvalue weighted by atomic mass is 16.5. The molecule has 1 aliphatic rings. The minimum Gasteiger partial charge on any atom is -0.480 e. The lowest BCUT2D eigenvalue weighted by Gasteiger charge is -2.31. The molecule has 1 atom stereocenters. The van der Waals surface area contributed by atoms with E-state index < -0.39 is 0 Å². The molecule has 2 amide bonds. The molecule has 0 bridgehead atoms. The van der Waals surface area contributed by atoms with Crippen LogP contribution in [0, 0.1) is 17.2 Å². The molecule has 1 saturated heterocycles. The average Bonchev–Trinajstić information content (AvgIpc) is 2.72. The summed E-state index contributed by atoms with van der Waals surface area (Å²) in [5, 5.41) is 9.47. The third kappa shape index (κ3) is 3.75. The highest BCUT2D eigenvalue weighted by Crippen LogP contribution is 2.29. The number of likely N-dealkylation sites (tertiary alicyclic amines) is 1. The van der Waals surface area contributed by atoms with Gasteiger partial charge in [0, 0.05) is 30.4 Å². The van der Waals surface area contributed by atoms with E-state index >= 15 is 0 Å². The van der Waals surface area contributed by atoms with Crippen molar-refractivity contribution in [3.63, 3.8) is 0 Å². The minimum atomic E-state index is -0.371. The van der Waals surface area contributed by atoms with Crippen molar-refractivity contribution in [2.75, 3.05) is 20.2 Å². The molecule has 0 radical (unpaired) electrons. The van der Waals surface area contributed by atoms with E-state index in [0.717, 1.165) is 12.0 Å². The molecule has 0 saturated carbocycles. The van der Waals surface area contributed by atoms with E-state index in [1.807, 2.05) is 6.07 Å². The van der Waals surface area contributed by atoms with Gasteiger partial charge in [-0.25, -0.2) is 4.98 Å². The number of nitrogens with zero attached hydrogens (tertiary/aromatic N) is 3. The van der Waals surface area contributed by atoms with Gasteiger partial charge in [0.1, 0.15) is 11.6 Å². The summed E-state index contributed by atoms with van der Waals surface area (Å²) in [5.74, 6) is -0.585. The zero-order chi connectivity index (χ0) is 19.4. The first-order valence-electron chi connectivity index (χ1n) is 8.67. The Morgan fingerprint density at radius 1 is 1.37 bits per heavy atom. The quantitative estimate of drug-likeness (QED) is 0.892. The fraction of sp³-hybridized carbons (Fsp3) is 0.300. The maximum absolute atomic E-state index is 12.9. The van der Waals surface area contributed by atoms with Gasteiger partial charge in [0.15, 0.2) is 0 Å². The monoisotopic (exact) mass is 364 g/mol. The van der Waals surface area contributed by atoms with E-state index in [9.17, 15) is 14.9 Å². The first-order chi connectivity index (χ1) is 13.0. The van der Waals surface area contributed by atoms with Crippen molar-refractivity contribution in [1.29, 1.82) is 5.26 Å². The van der Waals surface area contributed by atoms with E-state index in [1.165, 1.54) is 7.11 Å². The van der Waals surface area contributed by atoms with Crippen molar-refractivity contribution < 1.29 is 14.3 Å². The molecule has 2 aromatic rings. The maximum atomic E-state index is 12.9. The van der Waals surface area contributed by atoms with Crippen LogP contribution in [-0.4, -0.2) is 41.9 Å². The molecule has 138 valence electrons. The predicted molar refractivity (Wildman–Crippen MR) is 98.8 cm³/mol. The number of amides is 2. The topological polar surface area (TPSA) is 109 Å².